The molecule has 0 spiro atoms. The minimum atomic E-state index is -0.701. The van der Waals surface area contributed by atoms with Gasteiger partial charge < -0.3 is 14.0 Å². The molecule has 0 N–H and O–H groups in total. The third-order valence-electron chi connectivity index (χ3n) is 2.48. The largest absolute Gasteiger partial charge is 0.463 e. The van der Waals surface area contributed by atoms with Crippen LogP contribution in [0.1, 0.15) is 12.8 Å². The number of esters is 2. The molecule has 0 saturated heterocycles. The zero-order valence-electron chi connectivity index (χ0n) is 11.9. The fourth-order valence-electron chi connectivity index (χ4n) is 1.53. The second kappa shape index (κ2) is 7.72. The van der Waals surface area contributed by atoms with E-state index in [0.717, 1.165) is 17.7 Å². The van der Waals surface area contributed by atoms with Gasteiger partial charge >= 0.3 is 11.9 Å². The van der Waals surface area contributed by atoms with E-state index in [-0.39, 0.29) is 19.1 Å². The number of hydrogen-bond acceptors (Lipinski definition) is 7. The van der Waals surface area contributed by atoms with Gasteiger partial charge in [0.05, 0.1) is 6.61 Å². The SMILES string of the molecule is CCOC(=O)/C=C/C(=O)OCc1nc(-c2ccccc2)no1. The summed E-state index contributed by atoms with van der Waals surface area (Å²) in [5.41, 5.74) is 0.797. The predicted molar refractivity (Wildman–Crippen MR) is 75.3 cm³/mol. The van der Waals surface area contributed by atoms with Crippen LogP contribution in [0.3, 0.4) is 0 Å². The van der Waals surface area contributed by atoms with E-state index in [2.05, 4.69) is 14.9 Å². The summed E-state index contributed by atoms with van der Waals surface area (Å²) in [7, 11) is 0. The number of rotatable bonds is 6. The van der Waals surface area contributed by atoms with Crippen molar-refractivity contribution < 1.29 is 23.6 Å². The lowest BCUT2D eigenvalue weighted by Gasteiger charge is -1.97. The molecule has 7 nitrogen and oxygen atoms in total. The van der Waals surface area contributed by atoms with E-state index in [1.165, 1.54) is 0 Å². The highest BCUT2D eigenvalue weighted by molar-refractivity contribution is 5.91. The molecular formula is C15H14N2O5. The topological polar surface area (TPSA) is 91.5 Å². The molecule has 0 aliphatic rings. The smallest absolute Gasteiger partial charge is 0.331 e. The van der Waals surface area contributed by atoms with Crippen molar-refractivity contribution in [3.8, 4) is 11.4 Å². The summed E-state index contributed by atoms with van der Waals surface area (Å²) >= 11 is 0. The molecule has 0 radical (unpaired) electrons. The lowest BCUT2D eigenvalue weighted by atomic mass is 10.2. The van der Waals surface area contributed by atoms with Gasteiger partial charge in [0.15, 0.2) is 6.61 Å². The van der Waals surface area contributed by atoms with Crippen molar-refractivity contribution in [1.29, 1.82) is 0 Å². The zero-order chi connectivity index (χ0) is 15.8. The third kappa shape index (κ3) is 4.55. The molecule has 1 aromatic carbocycles. The summed E-state index contributed by atoms with van der Waals surface area (Å²) in [5.74, 6) is -0.735. The standard InChI is InChI=1S/C15H14N2O5/c1-2-20-13(18)8-9-14(19)21-10-12-16-15(17-22-12)11-6-4-3-5-7-11/h3-9H,2,10H2,1H3/b9-8+. The molecule has 2 rings (SSSR count). The number of carbonyl (C=O) groups excluding carboxylic acids is 2. The Hall–Kier alpha value is -2.96. The Labute approximate surface area is 126 Å². The van der Waals surface area contributed by atoms with E-state index < -0.39 is 11.9 Å². The Morgan fingerprint density at radius 1 is 1.14 bits per heavy atom. The van der Waals surface area contributed by atoms with Crippen LogP contribution < -0.4 is 0 Å². The van der Waals surface area contributed by atoms with Crippen LogP contribution in [-0.2, 0) is 25.7 Å². The average molecular weight is 302 g/mol. The second-order valence-corrected chi connectivity index (χ2v) is 4.07. The van der Waals surface area contributed by atoms with Crippen molar-refractivity contribution in [2.45, 2.75) is 13.5 Å². The van der Waals surface area contributed by atoms with Crippen molar-refractivity contribution >= 4 is 11.9 Å². The third-order valence-corrected chi connectivity index (χ3v) is 2.48. The molecule has 0 bridgehead atoms. The molecule has 0 aliphatic heterocycles. The monoisotopic (exact) mass is 302 g/mol. The summed E-state index contributed by atoms with van der Waals surface area (Å²) in [5, 5.41) is 3.79. The van der Waals surface area contributed by atoms with Gasteiger partial charge in [-0.15, -0.1) is 0 Å². The average Bonchev–Trinajstić information content (AvgIpc) is 3.01. The lowest BCUT2D eigenvalue weighted by molar-refractivity contribution is -0.141. The number of aromatic nitrogens is 2. The first-order valence-corrected chi connectivity index (χ1v) is 6.58. The summed E-state index contributed by atoms with van der Waals surface area (Å²) in [4.78, 5) is 26.5. The quantitative estimate of drug-likeness (QED) is 0.594. The summed E-state index contributed by atoms with van der Waals surface area (Å²) in [6.45, 7) is 1.73. The number of nitrogens with zero attached hydrogens (tertiary/aromatic N) is 2. The Morgan fingerprint density at radius 2 is 1.82 bits per heavy atom. The Balaban J connectivity index is 1.86. The molecule has 0 unspecified atom stereocenters. The molecule has 7 heteroatoms. The van der Waals surface area contributed by atoms with Crippen molar-refractivity contribution in [2.75, 3.05) is 6.61 Å². The Bertz CT molecular complexity index is 664. The molecule has 0 atom stereocenters. The fraction of sp³-hybridized carbons (Fsp3) is 0.200. The molecule has 0 fully saturated rings. The second-order valence-electron chi connectivity index (χ2n) is 4.07. The van der Waals surface area contributed by atoms with Crippen molar-refractivity contribution in [3.63, 3.8) is 0 Å². The van der Waals surface area contributed by atoms with Gasteiger partial charge in [0.25, 0.3) is 5.89 Å². The van der Waals surface area contributed by atoms with E-state index >= 15 is 0 Å². The molecule has 114 valence electrons. The maximum Gasteiger partial charge on any atom is 0.331 e. The van der Waals surface area contributed by atoms with Gasteiger partial charge in [0, 0.05) is 17.7 Å². The van der Waals surface area contributed by atoms with E-state index in [4.69, 9.17) is 9.26 Å². The van der Waals surface area contributed by atoms with Crippen LogP contribution in [0.25, 0.3) is 11.4 Å². The highest BCUT2D eigenvalue weighted by atomic mass is 16.6. The molecule has 1 heterocycles. The number of benzene rings is 1. The van der Waals surface area contributed by atoms with E-state index in [9.17, 15) is 9.59 Å². The van der Waals surface area contributed by atoms with Crippen LogP contribution in [0, 0.1) is 0 Å². The predicted octanol–water partition coefficient (Wildman–Crippen LogP) is 1.90. The molecule has 2 aromatic rings. The maximum atomic E-state index is 11.4. The van der Waals surface area contributed by atoms with E-state index in [0.29, 0.717) is 5.82 Å². The van der Waals surface area contributed by atoms with Gasteiger partial charge in [0.1, 0.15) is 0 Å². The minimum absolute atomic E-state index is 0.164. The van der Waals surface area contributed by atoms with Crippen LogP contribution in [0.2, 0.25) is 0 Å². The highest BCUT2D eigenvalue weighted by Crippen LogP contribution is 2.14. The van der Waals surface area contributed by atoms with Gasteiger partial charge in [-0.05, 0) is 6.92 Å². The number of carbonyl (C=O) groups is 2. The first-order chi connectivity index (χ1) is 10.7. The molecule has 0 aliphatic carbocycles. The van der Waals surface area contributed by atoms with Crippen LogP contribution >= 0.6 is 0 Å². The minimum Gasteiger partial charge on any atom is -0.463 e. The van der Waals surface area contributed by atoms with Crippen molar-refractivity contribution in [1.82, 2.24) is 10.1 Å². The Morgan fingerprint density at radius 3 is 2.50 bits per heavy atom. The molecule has 1 aromatic heterocycles. The van der Waals surface area contributed by atoms with Gasteiger partial charge in [0.2, 0.25) is 5.82 Å². The summed E-state index contributed by atoms with van der Waals surface area (Å²) < 4.78 is 14.5. The van der Waals surface area contributed by atoms with Crippen LogP contribution in [0.5, 0.6) is 0 Å². The number of ether oxygens (including phenoxy) is 2. The Kier molecular flexibility index (Phi) is 5.42. The lowest BCUT2D eigenvalue weighted by Crippen LogP contribution is -2.04. The normalized spacial score (nSPS) is 10.6. The zero-order valence-corrected chi connectivity index (χ0v) is 11.9. The summed E-state index contributed by atoms with van der Waals surface area (Å²) in [6.07, 6.45) is 1.97. The van der Waals surface area contributed by atoms with Gasteiger partial charge in [-0.3, -0.25) is 0 Å². The van der Waals surface area contributed by atoms with Crippen LogP contribution in [0.15, 0.2) is 47.0 Å². The van der Waals surface area contributed by atoms with Gasteiger partial charge in [-0.1, -0.05) is 35.5 Å². The van der Waals surface area contributed by atoms with Gasteiger partial charge in [-0.25, -0.2) is 9.59 Å². The number of hydrogen-bond donors (Lipinski definition) is 0. The van der Waals surface area contributed by atoms with Crippen molar-refractivity contribution in [2.24, 2.45) is 0 Å². The van der Waals surface area contributed by atoms with Crippen molar-refractivity contribution in [3.05, 3.63) is 48.4 Å². The van der Waals surface area contributed by atoms with Crippen LogP contribution in [0.4, 0.5) is 0 Å². The molecular weight excluding hydrogens is 288 g/mol. The van der Waals surface area contributed by atoms with E-state index in [1.54, 1.807) is 6.92 Å². The molecule has 22 heavy (non-hydrogen) atoms. The first kappa shape index (κ1) is 15.4. The first-order valence-electron chi connectivity index (χ1n) is 6.58. The van der Waals surface area contributed by atoms with Gasteiger partial charge in [-0.2, -0.15) is 4.98 Å². The molecule has 0 saturated carbocycles. The van der Waals surface area contributed by atoms with E-state index in [1.807, 2.05) is 30.3 Å². The van der Waals surface area contributed by atoms with Crippen LogP contribution in [-0.4, -0.2) is 28.7 Å². The molecule has 0 amide bonds. The highest BCUT2D eigenvalue weighted by Gasteiger charge is 2.10. The summed E-state index contributed by atoms with van der Waals surface area (Å²) in [6, 6.07) is 9.25. The maximum absolute atomic E-state index is 11.4. The fourth-order valence-corrected chi connectivity index (χ4v) is 1.53.